The second kappa shape index (κ2) is 8.88. The molecule has 8 heteroatoms. The van der Waals surface area contributed by atoms with Crippen molar-refractivity contribution >= 4 is 34.8 Å². The Morgan fingerprint density at radius 3 is 2.37 bits per heavy atom. The van der Waals surface area contributed by atoms with E-state index in [1.54, 1.807) is 24.3 Å². The van der Waals surface area contributed by atoms with Crippen LogP contribution in [0.3, 0.4) is 0 Å². The highest BCUT2D eigenvalue weighted by Crippen LogP contribution is 2.21. The lowest BCUT2D eigenvalue weighted by molar-refractivity contribution is -0.117. The number of hydrogen-bond acceptors (Lipinski definition) is 3. The van der Waals surface area contributed by atoms with Crippen molar-refractivity contribution in [2.75, 3.05) is 22.1 Å². The second-order valence-electron chi connectivity index (χ2n) is 5.82. The summed E-state index contributed by atoms with van der Waals surface area (Å²) < 4.78 is 26.5. The maximum absolute atomic E-state index is 13.6. The van der Waals surface area contributed by atoms with Crippen LogP contribution >= 0.6 is 0 Å². The van der Waals surface area contributed by atoms with E-state index in [-0.39, 0.29) is 30.5 Å². The van der Waals surface area contributed by atoms with Crippen LogP contribution in [0.25, 0.3) is 0 Å². The molecule has 0 saturated carbocycles. The molecule has 0 fully saturated rings. The van der Waals surface area contributed by atoms with Gasteiger partial charge in [0.15, 0.2) is 0 Å². The third kappa shape index (κ3) is 5.88. The maximum Gasteiger partial charge on any atom is 0.226 e. The van der Waals surface area contributed by atoms with Gasteiger partial charge < -0.3 is 15.5 Å². The molecule has 0 saturated heterocycles. The SMILES string of the molecule is CC(=O)Nc1cccc(N(CCC(=O)Nc2ccc(F)cc2F)C(C)=O)c1. The van der Waals surface area contributed by atoms with Crippen molar-refractivity contribution in [3.8, 4) is 0 Å². The molecule has 0 spiro atoms. The number of nitrogens with one attached hydrogen (secondary N) is 2. The molecule has 27 heavy (non-hydrogen) atoms. The Hall–Kier alpha value is -3.29. The van der Waals surface area contributed by atoms with E-state index in [1.807, 2.05) is 0 Å². The van der Waals surface area contributed by atoms with Crippen LogP contribution in [0.5, 0.6) is 0 Å². The standard InChI is InChI=1S/C19H19F2N3O3/c1-12(25)22-15-4-3-5-16(11-15)24(13(2)26)9-8-19(27)23-18-7-6-14(20)10-17(18)21/h3-7,10-11H,8-9H2,1-2H3,(H,22,25)(H,23,27). The average Bonchev–Trinajstić information content (AvgIpc) is 2.57. The summed E-state index contributed by atoms with van der Waals surface area (Å²) in [6.45, 7) is 2.77. The van der Waals surface area contributed by atoms with E-state index in [4.69, 9.17) is 0 Å². The summed E-state index contributed by atoms with van der Waals surface area (Å²) in [5.41, 5.74) is 0.891. The summed E-state index contributed by atoms with van der Waals surface area (Å²) in [6, 6.07) is 9.46. The summed E-state index contributed by atoms with van der Waals surface area (Å²) in [5.74, 6) is -2.69. The molecule has 0 aromatic heterocycles. The molecule has 0 aliphatic heterocycles. The van der Waals surface area contributed by atoms with E-state index in [9.17, 15) is 23.2 Å². The molecule has 2 rings (SSSR count). The first kappa shape index (κ1) is 20.0. The lowest BCUT2D eigenvalue weighted by atomic mass is 10.2. The highest BCUT2D eigenvalue weighted by molar-refractivity contribution is 5.96. The monoisotopic (exact) mass is 375 g/mol. The van der Waals surface area contributed by atoms with Crippen molar-refractivity contribution in [2.45, 2.75) is 20.3 Å². The summed E-state index contributed by atoms with van der Waals surface area (Å²) in [6.07, 6.45) is -0.0965. The average molecular weight is 375 g/mol. The minimum Gasteiger partial charge on any atom is -0.326 e. The van der Waals surface area contributed by atoms with E-state index in [0.717, 1.165) is 12.1 Å². The molecule has 142 valence electrons. The van der Waals surface area contributed by atoms with Gasteiger partial charge in [0, 0.05) is 44.3 Å². The highest BCUT2D eigenvalue weighted by Gasteiger charge is 2.15. The molecule has 0 atom stereocenters. The van der Waals surface area contributed by atoms with Crippen molar-refractivity contribution in [3.63, 3.8) is 0 Å². The lowest BCUT2D eigenvalue weighted by Crippen LogP contribution is -2.32. The lowest BCUT2D eigenvalue weighted by Gasteiger charge is -2.21. The number of nitrogens with zero attached hydrogens (tertiary/aromatic N) is 1. The maximum atomic E-state index is 13.6. The predicted molar refractivity (Wildman–Crippen MR) is 98.4 cm³/mol. The number of amides is 3. The van der Waals surface area contributed by atoms with Gasteiger partial charge in [-0.3, -0.25) is 14.4 Å². The number of benzene rings is 2. The van der Waals surface area contributed by atoms with Crippen molar-refractivity contribution in [1.82, 2.24) is 0 Å². The van der Waals surface area contributed by atoms with Gasteiger partial charge in [-0.2, -0.15) is 0 Å². The van der Waals surface area contributed by atoms with Crippen molar-refractivity contribution in [2.24, 2.45) is 0 Å². The smallest absolute Gasteiger partial charge is 0.226 e. The van der Waals surface area contributed by atoms with Gasteiger partial charge in [-0.1, -0.05) is 6.07 Å². The van der Waals surface area contributed by atoms with E-state index < -0.39 is 17.5 Å². The molecule has 0 aliphatic rings. The molecule has 0 heterocycles. The van der Waals surface area contributed by atoms with Gasteiger partial charge in [-0.05, 0) is 30.3 Å². The second-order valence-corrected chi connectivity index (χ2v) is 5.82. The van der Waals surface area contributed by atoms with E-state index >= 15 is 0 Å². The van der Waals surface area contributed by atoms with Crippen LogP contribution in [0.2, 0.25) is 0 Å². The molecule has 0 unspecified atom stereocenters. The van der Waals surface area contributed by atoms with Crippen molar-refractivity contribution in [1.29, 1.82) is 0 Å². The minimum atomic E-state index is -0.880. The Bertz CT molecular complexity index is 871. The Morgan fingerprint density at radius 1 is 1.00 bits per heavy atom. The zero-order chi connectivity index (χ0) is 20.0. The topological polar surface area (TPSA) is 78.5 Å². The number of carbonyl (C=O) groups excluding carboxylic acids is 3. The van der Waals surface area contributed by atoms with E-state index in [0.29, 0.717) is 17.4 Å². The Labute approximate surface area is 155 Å². The number of carbonyl (C=O) groups is 3. The van der Waals surface area contributed by atoms with Gasteiger partial charge in [0.25, 0.3) is 0 Å². The Balaban J connectivity index is 2.05. The van der Waals surface area contributed by atoms with Crippen LogP contribution in [-0.2, 0) is 14.4 Å². The normalized spacial score (nSPS) is 10.2. The van der Waals surface area contributed by atoms with Crippen LogP contribution in [0.15, 0.2) is 42.5 Å². The van der Waals surface area contributed by atoms with Gasteiger partial charge >= 0.3 is 0 Å². The zero-order valence-corrected chi connectivity index (χ0v) is 14.9. The molecule has 3 amide bonds. The molecule has 0 bridgehead atoms. The Kier molecular flexibility index (Phi) is 6.59. The Morgan fingerprint density at radius 2 is 1.74 bits per heavy atom. The van der Waals surface area contributed by atoms with Crippen LogP contribution in [0.1, 0.15) is 20.3 Å². The first-order valence-electron chi connectivity index (χ1n) is 8.17. The van der Waals surface area contributed by atoms with Gasteiger partial charge in [-0.15, -0.1) is 0 Å². The molecule has 0 radical (unpaired) electrons. The van der Waals surface area contributed by atoms with Crippen LogP contribution < -0.4 is 15.5 Å². The molecule has 2 aromatic carbocycles. The fourth-order valence-corrected chi connectivity index (χ4v) is 2.44. The van der Waals surface area contributed by atoms with Gasteiger partial charge in [0.1, 0.15) is 11.6 Å². The predicted octanol–water partition coefficient (Wildman–Crippen LogP) is 3.30. The third-order valence-electron chi connectivity index (χ3n) is 3.63. The quantitative estimate of drug-likeness (QED) is 0.813. The van der Waals surface area contributed by atoms with Gasteiger partial charge in [0.05, 0.1) is 5.69 Å². The van der Waals surface area contributed by atoms with Crippen molar-refractivity contribution in [3.05, 3.63) is 54.1 Å². The number of rotatable bonds is 6. The van der Waals surface area contributed by atoms with Crippen LogP contribution in [0.4, 0.5) is 25.8 Å². The first-order valence-corrected chi connectivity index (χ1v) is 8.17. The van der Waals surface area contributed by atoms with E-state index in [1.165, 1.54) is 18.7 Å². The third-order valence-corrected chi connectivity index (χ3v) is 3.63. The molecule has 2 N–H and O–H groups in total. The molecular weight excluding hydrogens is 356 g/mol. The summed E-state index contributed by atoms with van der Waals surface area (Å²) in [4.78, 5) is 36.5. The summed E-state index contributed by atoms with van der Waals surface area (Å²) in [5, 5.41) is 4.96. The van der Waals surface area contributed by atoms with Gasteiger partial charge in [-0.25, -0.2) is 8.78 Å². The number of hydrogen-bond donors (Lipinski definition) is 2. The largest absolute Gasteiger partial charge is 0.326 e. The van der Waals surface area contributed by atoms with Gasteiger partial charge in [0.2, 0.25) is 17.7 Å². The van der Waals surface area contributed by atoms with Crippen LogP contribution in [0, 0.1) is 11.6 Å². The fourth-order valence-electron chi connectivity index (χ4n) is 2.44. The minimum absolute atomic E-state index is 0.0491. The first-order chi connectivity index (χ1) is 12.8. The zero-order valence-electron chi connectivity index (χ0n) is 14.9. The highest BCUT2D eigenvalue weighted by atomic mass is 19.1. The summed E-state index contributed by atoms with van der Waals surface area (Å²) >= 11 is 0. The molecule has 2 aromatic rings. The number of anilines is 3. The molecule has 0 aliphatic carbocycles. The summed E-state index contributed by atoms with van der Waals surface area (Å²) in [7, 11) is 0. The fraction of sp³-hybridized carbons (Fsp3) is 0.211. The van der Waals surface area contributed by atoms with Crippen LogP contribution in [-0.4, -0.2) is 24.3 Å². The van der Waals surface area contributed by atoms with E-state index in [2.05, 4.69) is 10.6 Å². The molecule has 6 nitrogen and oxygen atoms in total. The van der Waals surface area contributed by atoms with Crippen molar-refractivity contribution < 1.29 is 23.2 Å². The number of halogens is 2. The molecular formula is C19H19F2N3O3.